The van der Waals surface area contributed by atoms with Gasteiger partial charge in [-0.05, 0) is 57.0 Å². The molecular formula is C22H20F2N2O3S. The van der Waals surface area contributed by atoms with E-state index in [4.69, 9.17) is 4.42 Å². The van der Waals surface area contributed by atoms with Crippen LogP contribution in [0.5, 0.6) is 0 Å². The van der Waals surface area contributed by atoms with Gasteiger partial charge in [-0.1, -0.05) is 0 Å². The van der Waals surface area contributed by atoms with Gasteiger partial charge >= 0.3 is 0 Å². The number of hydrogen-bond acceptors (Lipinski definition) is 5. The summed E-state index contributed by atoms with van der Waals surface area (Å²) in [5.74, 6) is -0.953. The van der Waals surface area contributed by atoms with E-state index in [0.717, 1.165) is 24.0 Å². The summed E-state index contributed by atoms with van der Waals surface area (Å²) in [4.78, 5) is 32.3. The number of thiazole rings is 1. The predicted molar refractivity (Wildman–Crippen MR) is 109 cm³/mol. The minimum Gasteiger partial charge on any atom is -0.459 e. The molecule has 1 aromatic carbocycles. The van der Waals surface area contributed by atoms with Gasteiger partial charge in [-0.2, -0.15) is 0 Å². The van der Waals surface area contributed by atoms with E-state index in [2.05, 4.69) is 4.98 Å². The first-order valence-electron chi connectivity index (χ1n) is 9.66. The van der Waals surface area contributed by atoms with E-state index in [0.29, 0.717) is 47.3 Å². The highest BCUT2D eigenvalue weighted by Crippen LogP contribution is 2.31. The van der Waals surface area contributed by atoms with Crippen LogP contribution in [0.1, 0.15) is 44.3 Å². The summed E-state index contributed by atoms with van der Waals surface area (Å²) in [6.45, 7) is 4.38. The molecule has 2 aromatic heterocycles. The Hall–Kier alpha value is -2.87. The van der Waals surface area contributed by atoms with Crippen molar-refractivity contribution in [1.29, 1.82) is 0 Å². The first-order valence-corrected chi connectivity index (χ1v) is 10.5. The first-order chi connectivity index (χ1) is 14.3. The van der Waals surface area contributed by atoms with E-state index in [1.165, 1.54) is 11.3 Å². The lowest BCUT2D eigenvalue weighted by atomic mass is 9.88. The van der Waals surface area contributed by atoms with Crippen molar-refractivity contribution < 1.29 is 22.8 Å². The summed E-state index contributed by atoms with van der Waals surface area (Å²) in [5, 5.41) is 0.649. The number of hydrogen-bond donors (Lipinski definition) is 0. The molecule has 30 heavy (non-hydrogen) atoms. The second-order valence-corrected chi connectivity index (χ2v) is 8.40. The number of halogens is 2. The molecule has 0 saturated carbocycles. The Morgan fingerprint density at radius 3 is 2.53 bits per heavy atom. The fourth-order valence-electron chi connectivity index (χ4n) is 3.64. The molecular weight excluding hydrogens is 410 g/mol. The van der Waals surface area contributed by atoms with Gasteiger partial charge in [0.2, 0.25) is 0 Å². The minimum atomic E-state index is -0.721. The van der Waals surface area contributed by atoms with Gasteiger partial charge in [0, 0.05) is 19.0 Å². The molecule has 0 spiro atoms. The standard InChI is InChI=1S/C22H20F2N2O3S/c1-12-3-6-18(29-12)21-25-13(2)20(30-21)22(28)26-9-7-14(8-10-26)19(27)16-11-15(23)4-5-17(16)24/h3-6,11,14H,7-10H2,1-2H3. The molecule has 0 bridgehead atoms. The van der Waals surface area contributed by atoms with Crippen molar-refractivity contribution in [2.24, 2.45) is 5.92 Å². The number of benzene rings is 1. The molecule has 1 aliphatic rings. The van der Waals surface area contributed by atoms with Gasteiger partial charge in [0.05, 0.1) is 11.3 Å². The molecule has 1 saturated heterocycles. The molecule has 5 nitrogen and oxygen atoms in total. The number of rotatable bonds is 4. The Morgan fingerprint density at radius 2 is 1.87 bits per heavy atom. The van der Waals surface area contributed by atoms with Crippen LogP contribution in [0.15, 0.2) is 34.7 Å². The second kappa shape index (κ2) is 8.10. The number of amides is 1. The number of carbonyl (C=O) groups excluding carboxylic acids is 2. The Morgan fingerprint density at radius 1 is 1.13 bits per heavy atom. The molecule has 8 heteroatoms. The number of furan rings is 1. The second-order valence-electron chi connectivity index (χ2n) is 7.40. The van der Waals surface area contributed by atoms with Gasteiger partial charge in [0.25, 0.3) is 5.91 Å². The Bertz CT molecular complexity index is 1110. The normalized spacial score (nSPS) is 14.9. The molecule has 0 atom stereocenters. The quantitative estimate of drug-likeness (QED) is 0.545. The molecule has 156 valence electrons. The van der Waals surface area contributed by atoms with Crippen LogP contribution in [0.3, 0.4) is 0 Å². The van der Waals surface area contributed by atoms with Crippen LogP contribution < -0.4 is 0 Å². The number of ketones is 1. The summed E-state index contributed by atoms with van der Waals surface area (Å²) in [6, 6.07) is 6.56. The predicted octanol–water partition coefficient (Wildman–Crippen LogP) is 5.03. The van der Waals surface area contributed by atoms with E-state index >= 15 is 0 Å². The topological polar surface area (TPSA) is 63.4 Å². The number of Topliss-reactive ketones (excluding diaryl/α,β-unsaturated/α-hetero) is 1. The number of piperidine rings is 1. The Labute approximate surface area is 176 Å². The zero-order valence-corrected chi connectivity index (χ0v) is 17.4. The number of aryl methyl sites for hydroxylation is 2. The van der Waals surface area contributed by atoms with Crippen molar-refractivity contribution >= 4 is 23.0 Å². The van der Waals surface area contributed by atoms with Crippen LogP contribution in [-0.2, 0) is 0 Å². The third kappa shape index (κ3) is 3.92. The Kier molecular flexibility index (Phi) is 5.51. The number of aromatic nitrogens is 1. The van der Waals surface area contributed by atoms with E-state index < -0.39 is 23.3 Å². The molecule has 4 rings (SSSR count). The average molecular weight is 430 g/mol. The van der Waals surface area contributed by atoms with Crippen molar-refractivity contribution in [1.82, 2.24) is 9.88 Å². The van der Waals surface area contributed by atoms with Crippen molar-refractivity contribution in [3.05, 3.63) is 63.9 Å². The molecule has 0 N–H and O–H groups in total. The SMILES string of the molecule is Cc1ccc(-c2nc(C)c(C(=O)N3CCC(C(=O)c4cc(F)ccc4F)CC3)s2)o1. The van der Waals surface area contributed by atoms with Gasteiger partial charge in [-0.15, -0.1) is 11.3 Å². The van der Waals surface area contributed by atoms with Crippen molar-refractivity contribution in [2.45, 2.75) is 26.7 Å². The summed E-state index contributed by atoms with van der Waals surface area (Å²) in [5.41, 5.74) is 0.408. The van der Waals surface area contributed by atoms with Gasteiger partial charge < -0.3 is 9.32 Å². The van der Waals surface area contributed by atoms with Crippen LogP contribution in [0.2, 0.25) is 0 Å². The van der Waals surface area contributed by atoms with E-state index in [1.807, 2.05) is 19.1 Å². The number of likely N-dealkylation sites (tertiary alicyclic amines) is 1. The molecule has 1 fully saturated rings. The minimum absolute atomic E-state index is 0.137. The molecule has 3 aromatic rings. The van der Waals surface area contributed by atoms with Crippen LogP contribution >= 0.6 is 11.3 Å². The Balaban J connectivity index is 1.44. The number of nitrogens with zero attached hydrogens (tertiary/aromatic N) is 2. The average Bonchev–Trinajstić information content (AvgIpc) is 3.34. The lowest BCUT2D eigenvalue weighted by molar-refractivity contribution is 0.0652. The maximum absolute atomic E-state index is 13.9. The largest absolute Gasteiger partial charge is 0.459 e. The van der Waals surface area contributed by atoms with Gasteiger partial charge in [-0.25, -0.2) is 13.8 Å². The van der Waals surface area contributed by atoms with E-state index in [-0.39, 0.29) is 11.5 Å². The summed E-state index contributed by atoms with van der Waals surface area (Å²) < 4.78 is 32.9. The van der Waals surface area contributed by atoms with Crippen LogP contribution in [-0.4, -0.2) is 34.7 Å². The monoisotopic (exact) mass is 430 g/mol. The zero-order chi connectivity index (χ0) is 21.4. The fraction of sp³-hybridized carbons (Fsp3) is 0.318. The lowest BCUT2D eigenvalue weighted by Gasteiger charge is -2.31. The summed E-state index contributed by atoms with van der Waals surface area (Å²) in [6.07, 6.45) is 0.811. The van der Waals surface area contributed by atoms with Gasteiger partial charge in [0.1, 0.15) is 22.3 Å². The van der Waals surface area contributed by atoms with Gasteiger partial charge in [-0.3, -0.25) is 9.59 Å². The summed E-state index contributed by atoms with van der Waals surface area (Å²) in [7, 11) is 0. The maximum atomic E-state index is 13.9. The van der Waals surface area contributed by atoms with Crippen LogP contribution in [0.25, 0.3) is 10.8 Å². The zero-order valence-electron chi connectivity index (χ0n) is 16.6. The maximum Gasteiger partial charge on any atom is 0.265 e. The van der Waals surface area contributed by atoms with Crippen molar-refractivity contribution in [3.8, 4) is 10.8 Å². The van der Waals surface area contributed by atoms with Gasteiger partial charge in [0.15, 0.2) is 16.6 Å². The summed E-state index contributed by atoms with van der Waals surface area (Å²) >= 11 is 1.28. The van der Waals surface area contributed by atoms with Crippen LogP contribution in [0, 0.1) is 31.4 Å². The van der Waals surface area contributed by atoms with Crippen molar-refractivity contribution in [2.75, 3.05) is 13.1 Å². The number of carbonyl (C=O) groups is 2. The van der Waals surface area contributed by atoms with E-state index in [1.54, 1.807) is 11.8 Å². The first kappa shape index (κ1) is 20.4. The molecule has 1 amide bonds. The third-order valence-electron chi connectivity index (χ3n) is 5.29. The molecule has 1 aliphatic heterocycles. The smallest absolute Gasteiger partial charge is 0.265 e. The highest BCUT2D eigenvalue weighted by molar-refractivity contribution is 7.17. The lowest BCUT2D eigenvalue weighted by Crippen LogP contribution is -2.40. The third-order valence-corrected chi connectivity index (χ3v) is 6.45. The fourth-order valence-corrected chi connectivity index (χ4v) is 4.64. The molecule has 3 heterocycles. The molecule has 0 radical (unpaired) electrons. The van der Waals surface area contributed by atoms with E-state index in [9.17, 15) is 18.4 Å². The molecule has 0 aliphatic carbocycles. The highest BCUT2D eigenvalue weighted by Gasteiger charge is 2.31. The highest BCUT2D eigenvalue weighted by atomic mass is 32.1. The molecule has 0 unspecified atom stereocenters. The van der Waals surface area contributed by atoms with Crippen molar-refractivity contribution in [3.63, 3.8) is 0 Å². The van der Waals surface area contributed by atoms with Crippen LogP contribution in [0.4, 0.5) is 8.78 Å².